The maximum atomic E-state index is 6.29. The Hall–Kier alpha value is -1.02. The van der Waals surface area contributed by atoms with Crippen LogP contribution in [0, 0.1) is 0 Å². The zero-order valence-electron chi connectivity index (χ0n) is 10.1. The van der Waals surface area contributed by atoms with Crippen LogP contribution in [0.5, 0.6) is 0 Å². The first-order valence-electron chi connectivity index (χ1n) is 5.85. The predicted molar refractivity (Wildman–Crippen MR) is 78.2 cm³/mol. The standard InChI is InChI=1S/C15H15Cl2N/c1-10(11-5-3-2-4-6-11)15(18)12-7-8-13(16)14(17)9-12/h2-10,15H,18H2,1H3. The van der Waals surface area contributed by atoms with Crippen molar-refractivity contribution in [2.24, 2.45) is 5.73 Å². The molecule has 1 nitrogen and oxygen atoms in total. The molecule has 2 aromatic rings. The van der Waals surface area contributed by atoms with Gasteiger partial charge in [-0.05, 0) is 23.3 Å². The molecule has 0 aliphatic heterocycles. The van der Waals surface area contributed by atoms with Gasteiger partial charge in [-0.2, -0.15) is 0 Å². The van der Waals surface area contributed by atoms with Gasteiger partial charge in [-0.3, -0.25) is 0 Å². The third-order valence-electron chi connectivity index (χ3n) is 3.19. The summed E-state index contributed by atoms with van der Waals surface area (Å²) < 4.78 is 0. The van der Waals surface area contributed by atoms with Gasteiger partial charge in [0.1, 0.15) is 0 Å². The highest BCUT2D eigenvalue weighted by Gasteiger charge is 2.17. The largest absolute Gasteiger partial charge is 0.323 e. The second-order valence-corrected chi connectivity index (χ2v) is 5.21. The molecule has 0 aromatic heterocycles. The summed E-state index contributed by atoms with van der Waals surface area (Å²) in [5, 5.41) is 1.10. The Labute approximate surface area is 118 Å². The minimum absolute atomic E-state index is 0.0952. The Kier molecular flexibility index (Phi) is 4.28. The van der Waals surface area contributed by atoms with Crippen LogP contribution >= 0.6 is 23.2 Å². The number of hydrogen-bond donors (Lipinski definition) is 1. The summed E-state index contributed by atoms with van der Waals surface area (Å²) >= 11 is 11.9. The fourth-order valence-corrected chi connectivity index (χ4v) is 2.28. The van der Waals surface area contributed by atoms with Crippen LogP contribution in [0.15, 0.2) is 48.5 Å². The van der Waals surface area contributed by atoms with E-state index < -0.39 is 0 Å². The van der Waals surface area contributed by atoms with Gasteiger partial charge in [0.15, 0.2) is 0 Å². The molecule has 0 radical (unpaired) electrons. The third kappa shape index (κ3) is 2.86. The molecule has 2 rings (SSSR count). The Bertz CT molecular complexity index is 525. The summed E-state index contributed by atoms with van der Waals surface area (Å²) in [5.74, 6) is 0.225. The molecule has 0 aliphatic rings. The SMILES string of the molecule is CC(c1ccccc1)C(N)c1ccc(Cl)c(Cl)c1. The van der Waals surface area contributed by atoms with E-state index in [9.17, 15) is 0 Å². The molecular weight excluding hydrogens is 265 g/mol. The molecule has 2 atom stereocenters. The van der Waals surface area contributed by atoms with Crippen molar-refractivity contribution in [2.75, 3.05) is 0 Å². The fraction of sp³-hybridized carbons (Fsp3) is 0.200. The molecule has 2 aromatic carbocycles. The van der Waals surface area contributed by atoms with Gasteiger partial charge in [0, 0.05) is 12.0 Å². The third-order valence-corrected chi connectivity index (χ3v) is 3.93. The van der Waals surface area contributed by atoms with Crippen molar-refractivity contribution in [3.8, 4) is 0 Å². The van der Waals surface area contributed by atoms with Gasteiger partial charge in [0.25, 0.3) is 0 Å². The number of rotatable bonds is 3. The Morgan fingerprint density at radius 1 is 0.889 bits per heavy atom. The Morgan fingerprint density at radius 3 is 2.17 bits per heavy atom. The maximum absolute atomic E-state index is 6.29. The van der Waals surface area contributed by atoms with E-state index in [2.05, 4.69) is 19.1 Å². The lowest BCUT2D eigenvalue weighted by Gasteiger charge is -2.21. The topological polar surface area (TPSA) is 26.0 Å². The van der Waals surface area contributed by atoms with Crippen molar-refractivity contribution in [3.63, 3.8) is 0 Å². The highest BCUT2D eigenvalue weighted by atomic mass is 35.5. The van der Waals surface area contributed by atoms with Crippen LogP contribution < -0.4 is 5.73 Å². The monoisotopic (exact) mass is 279 g/mol. The van der Waals surface area contributed by atoms with Crippen molar-refractivity contribution in [1.82, 2.24) is 0 Å². The molecular formula is C15H15Cl2N. The van der Waals surface area contributed by atoms with E-state index in [-0.39, 0.29) is 12.0 Å². The fourth-order valence-electron chi connectivity index (χ4n) is 1.97. The molecule has 0 saturated carbocycles. The first kappa shape index (κ1) is 13.4. The van der Waals surface area contributed by atoms with E-state index in [0.717, 1.165) is 5.56 Å². The number of halogens is 2. The van der Waals surface area contributed by atoms with Crippen LogP contribution in [0.3, 0.4) is 0 Å². The summed E-state index contributed by atoms with van der Waals surface area (Å²) in [6.07, 6.45) is 0. The number of hydrogen-bond acceptors (Lipinski definition) is 1. The molecule has 0 bridgehead atoms. The lowest BCUT2D eigenvalue weighted by Crippen LogP contribution is -2.17. The van der Waals surface area contributed by atoms with Gasteiger partial charge < -0.3 is 5.73 Å². The molecule has 0 saturated heterocycles. The predicted octanol–water partition coefficient (Wildman–Crippen LogP) is 4.80. The first-order chi connectivity index (χ1) is 8.59. The van der Waals surface area contributed by atoms with Gasteiger partial charge in [-0.25, -0.2) is 0 Å². The van der Waals surface area contributed by atoms with Crippen LogP contribution in [0.25, 0.3) is 0 Å². The van der Waals surface area contributed by atoms with E-state index in [1.54, 1.807) is 6.07 Å². The molecule has 18 heavy (non-hydrogen) atoms. The molecule has 2 unspecified atom stereocenters. The zero-order valence-corrected chi connectivity index (χ0v) is 11.6. The van der Waals surface area contributed by atoms with Crippen molar-refractivity contribution >= 4 is 23.2 Å². The summed E-state index contributed by atoms with van der Waals surface area (Å²) in [7, 11) is 0. The molecule has 2 N–H and O–H groups in total. The van der Waals surface area contributed by atoms with Gasteiger partial charge in [0.05, 0.1) is 10.0 Å². The van der Waals surface area contributed by atoms with E-state index >= 15 is 0 Å². The molecule has 0 fully saturated rings. The second kappa shape index (κ2) is 5.75. The summed E-state index contributed by atoms with van der Waals surface area (Å²) in [5.41, 5.74) is 8.51. The summed E-state index contributed by atoms with van der Waals surface area (Å²) in [6, 6.07) is 15.7. The normalized spacial score (nSPS) is 14.2. The van der Waals surface area contributed by atoms with Gasteiger partial charge in [0.2, 0.25) is 0 Å². The van der Waals surface area contributed by atoms with Crippen LogP contribution in [0.2, 0.25) is 10.0 Å². The van der Waals surface area contributed by atoms with E-state index in [0.29, 0.717) is 10.0 Å². The average molecular weight is 280 g/mol. The van der Waals surface area contributed by atoms with Crippen LogP contribution in [-0.4, -0.2) is 0 Å². The second-order valence-electron chi connectivity index (χ2n) is 4.40. The van der Waals surface area contributed by atoms with E-state index in [1.807, 2.05) is 30.3 Å². The summed E-state index contributed by atoms with van der Waals surface area (Å²) in [4.78, 5) is 0. The van der Waals surface area contributed by atoms with Gasteiger partial charge in [-0.15, -0.1) is 0 Å². The van der Waals surface area contributed by atoms with Crippen LogP contribution in [0.4, 0.5) is 0 Å². The lowest BCUT2D eigenvalue weighted by molar-refractivity contribution is 0.598. The quantitative estimate of drug-likeness (QED) is 0.858. The molecule has 94 valence electrons. The zero-order chi connectivity index (χ0) is 13.1. The Balaban J connectivity index is 2.25. The molecule has 3 heteroatoms. The number of benzene rings is 2. The minimum atomic E-state index is -0.0952. The van der Waals surface area contributed by atoms with Crippen molar-refractivity contribution in [3.05, 3.63) is 69.7 Å². The van der Waals surface area contributed by atoms with Crippen molar-refractivity contribution in [2.45, 2.75) is 18.9 Å². The maximum Gasteiger partial charge on any atom is 0.0595 e. The van der Waals surface area contributed by atoms with Crippen molar-refractivity contribution < 1.29 is 0 Å². The van der Waals surface area contributed by atoms with E-state index in [1.165, 1.54) is 5.56 Å². The highest BCUT2D eigenvalue weighted by Crippen LogP contribution is 2.31. The number of nitrogens with two attached hydrogens (primary N) is 1. The van der Waals surface area contributed by atoms with Crippen LogP contribution in [-0.2, 0) is 0 Å². The van der Waals surface area contributed by atoms with Gasteiger partial charge >= 0.3 is 0 Å². The molecule has 0 amide bonds. The smallest absolute Gasteiger partial charge is 0.0595 e. The first-order valence-corrected chi connectivity index (χ1v) is 6.60. The molecule has 0 heterocycles. The molecule has 0 spiro atoms. The Morgan fingerprint density at radius 2 is 1.56 bits per heavy atom. The van der Waals surface area contributed by atoms with Gasteiger partial charge in [-0.1, -0.05) is 66.5 Å². The summed E-state index contributed by atoms with van der Waals surface area (Å²) in [6.45, 7) is 2.11. The minimum Gasteiger partial charge on any atom is -0.323 e. The van der Waals surface area contributed by atoms with Crippen molar-refractivity contribution in [1.29, 1.82) is 0 Å². The average Bonchev–Trinajstić information content (AvgIpc) is 2.41. The lowest BCUT2D eigenvalue weighted by atomic mass is 9.89. The highest BCUT2D eigenvalue weighted by molar-refractivity contribution is 6.42. The van der Waals surface area contributed by atoms with E-state index in [4.69, 9.17) is 28.9 Å². The van der Waals surface area contributed by atoms with Crippen LogP contribution in [0.1, 0.15) is 30.0 Å². The molecule has 0 aliphatic carbocycles.